The number of hydrogen-bond donors (Lipinski definition) is 2. The standard InChI is InChI=1S/C10H14BrN3O/c1-2-8(12)5-10(15)14-9-4-3-7(11)6-13-9/h3-4,6,8H,2,5,12H2,1H3,(H,13,14,15). The molecule has 1 atom stereocenters. The van der Waals surface area contributed by atoms with Gasteiger partial charge in [-0.25, -0.2) is 4.98 Å². The minimum atomic E-state index is -0.0980. The number of nitrogens with one attached hydrogen (secondary N) is 1. The highest BCUT2D eigenvalue weighted by Crippen LogP contribution is 2.10. The number of nitrogens with two attached hydrogens (primary N) is 1. The zero-order valence-corrected chi connectivity index (χ0v) is 10.1. The van der Waals surface area contributed by atoms with Crippen molar-refractivity contribution in [1.82, 2.24) is 4.98 Å². The lowest BCUT2D eigenvalue weighted by Crippen LogP contribution is -2.26. The first kappa shape index (κ1) is 12.1. The number of hydrogen-bond acceptors (Lipinski definition) is 3. The highest BCUT2D eigenvalue weighted by atomic mass is 79.9. The van der Waals surface area contributed by atoms with E-state index in [0.717, 1.165) is 10.9 Å². The number of pyridine rings is 1. The van der Waals surface area contributed by atoms with Crippen LogP contribution in [0.4, 0.5) is 5.82 Å². The first-order valence-electron chi connectivity index (χ1n) is 4.78. The molecule has 0 aliphatic rings. The predicted molar refractivity (Wildman–Crippen MR) is 63.5 cm³/mol. The maximum Gasteiger partial charge on any atom is 0.227 e. The molecule has 0 saturated heterocycles. The number of amides is 1. The first-order chi connectivity index (χ1) is 7.11. The maximum atomic E-state index is 11.4. The summed E-state index contributed by atoms with van der Waals surface area (Å²) in [6.07, 6.45) is 2.75. The molecule has 1 aromatic rings. The SMILES string of the molecule is CCC(N)CC(=O)Nc1ccc(Br)cn1. The number of aromatic nitrogens is 1. The van der Waals surface area contributed by atoms with E-state index in [1.54, 1.807) is 12.3 Å². The Morgan fingerprint density at radius 3 is 2.93 bits per heavy atom. The van der Waals surface area contributed by atoms with Crippen molar-refractivity contribution in [1.29, 1.82) is 0 Å². The molecular formula is C10H14BrN3O. The summed E-state index contributed by atoms with van der Waals surface area (Å²) in [5, 5.41) is 2.68. The van der Waals surface area contributed by atoms with Crippen molar-refractivity contribution >= 4 is 27.7 Å². The van der Waals surface area contributed by atoms with E-state index in [1.165, 1.54) is 0 Å². The number of carbonyl (C=O) groups excluding carboxylic acids is 1. The van der Waals surface area contributed by atoms with Gasteiger partial charge in [0.25, 0.3) is 0 Å². The van der Waals surface area contributed by atoms with Gasteiger partial charge in [0.15, 0.2) is 0 Å². The van der Waals surface area contributed by atoms with Crippen molar-refractivity contribution in [3.05, 3.63) is 22.8 Å². The number of anilines is 1. The van der Waals surface area contributed by atoms with E-state index in [-0.39, 0.29) is 11.9 Å². The molecule has 0 fully saturated rings. The molecule has 0 spiro atoms. The minimum absolute atomic E-state index is 0.0829. The molecule has 0 bridgehead atoms. The summed E-state index contributed by atoms with van der Waals surface area (Å²) in [5.41, 5.74) is 5.66. The number of rotatable bonds is 4. The van der Waals surface area contributed by atoms with E-state index in [4.69, 9.17) is 5.73 Å². The summed E-state index contributed by atoms with van der Waals surface area (Å²) < 4.78 is 0.880. The number of halogens is 1. The fourth-order valence-electron chi connectivity index (χ4n) is 1.03. The summed E-state index contributed by atoms with van der Waals surface area (Å²) in [7, 11) is 0. The van der Waals surface area contributed by atoms with Crippen LogP contribution in [-0.4, -0.2) is 16.9 Å². The van der Waals surface area contributed by atoms with Gasteiger partial charge in [0.1, 0.15) is 5.82 Å². The normalized spacial score (nSPS) is 12.2. The Labute approximate surface area is 97.4 Å². The summed E-state index contributed by atoms with van der Waals surface area (Å²) in [4.78, 5) is 15.5. The van der Waals surface area contributed by atoms with Crippen LogP contribution in [0.2, 0.25) is 0 Å². The molecular weight excluding hydrogens is 258 g/mol. The van der Waals surface area contributed by atoms with Gasteiger partial charge in [0.05, 0.1) is 0 Å². The number of carbonyl (C=O) groups is 1. The summed E-state index contributed by atoms with van der Waals surface area (Å²) in [5.74, 6) is 0.450. The van der Waals surface area contributed by atoms with Crippen molar-refractivity contribution in [3.63, 3.8) is 0 Å². The van der Waals surface area contributed by atoms with Crippen LogP contribution in [-0.2, 0) is 4.79 Å². The van der Waals surface area contributed by atoms with Crippen LogP contribution < -0.4 is 11.1 Å². The summed E-state index contributed by atoms with van der Waals surface area (Å²) in [6.45, 7) is 1.95. The van der Waals surface area contributed by atoms with Crippen molar-refractivity contribution in [2.45, 2.75) is 25.8 Å². The second-order valence-electron chi connectivity index (χ2n) is 3.28. The van der Waals surface area contributed by atoms with E-state index >= 15 is 0 Å². The average molecular weight is 272 g/mol. The first-order valence-corrected chi connectivity index (χ1v) is 5.58. The molecule has 0 aliphatic carbocycles. The molecule has 4 nitrogen and oxygen atoms in total. The van der Waals surface area contributed by atoms with Crippen molar-refractivity contribution < 1.29 is 4.79 Å². The molecule has 0 aliphatic heterocycles. The van der Waals surface area contributed by atoms with Crippen LogP contribution in [0, 0.1) is 0 Å². The van der Waals surface area contributed by atoms with Gasteiger partial charge in [-0.15, -0.1) is 0 Å². The van der Waals surface area contributed by atoms with E-state index in [9.17, 15) is 4.79 Å². The lowest BCUT2D eigenvalue weighted by molar-refractivity contribution is -0.116. The summed E-state index contributed by atoms with van der Waals surface area (Å²) >= 11 is 3.27. The van der Waals surface area contributed by atoms with Gasteiger partial charge in [0, 0.05) is 23.1 Å². The van der Waals surface area contributed by atoms with Gasteiger partial charge in [-0.3, -0.25) is 4.79 Å². The molecule has 1 aromatic heterocycles. The van der Waals surface area contributed by atoms with E-state index in [0.29, 0.717) is 12.2 Å². The zero-order valence-electron chi connectivity index (χ0n) is 8.53. The highest BCUT2D eigenvalue weighted by Gasteiger charge is 2.07. The molecule has 82 valence electrons. The van der Waals surface area contributed by atoms with Crippen molar-refractivity contribution in [2.24, 2.45) is 5.73 Å². The lowest BCUT2D eigenvalue weighted by Gasteiger charge is -2.08. The van der Waals surface area contributed by atoms with Gasteiger partial charge in [-0.1, -0.05) is 6.92 Å². The third-order valence-electron chi connectivity index (χ3n) is 1.97. The molecule has 1 amide bonds. The Bertz CT molecular complexity index is 326. The van der Waals surface area contributed by atoms with Crippen molar-refractivity contribution in [2.75, 3.05) is 5.32 Å². The van der Waals surface area contributed by atoms with Gasteiger partial charge >= 0.3 is 0 Å². The van der Waals surface area contributed by atoms with Crippen LogP contribution >= 0.6 is 15.9 Å². The Kier molecular flexibility index (Phi) is 4.71. The van der Waals surface area contributed by atoms with Crippen LogP contribution in [0.1, 0.15) is 19.8 Å². The molecule has 1 heterocycles. The monoisotopic (exact) mass is 271 g/mol. The zero-order chi connectivity index (χ0) is 11.3. The molecule has 15 heavy (non-hydrogen) atoms. The third kappa shape index (κ3) is 4.40. The molecule has 5 heteroatoms. The molecule has 0 aromatic carbocycles. The van der Waals surface area contributed by atoms with Gasteiger partial charge in [0.2, 0.25) is 5.91 Å². The predicted octanol–water partition coefficient (Wildman–Crippen LogP) is 1.91. The molecule has 3 N–H and O–H groups in total. The molecule has 0 radical (unpaired) electrons. The van der Waals surface area contributed by atoms with Crippen LogP contribution in [0.5, 0.6) is 0 Å². The Hall–Kier alpha value is -0.940. The Morgan fingerprint density at radius 2 is 2.40 bits per heavy atom. The second kappa shape index (κ2) is 5.82. The fourth-order valence-corrected chi connectivity index (χ4v) is 1.26. The van der Waals surface area contributed by atoms with E-state index < -0.39 is 0 Å². The lowest BCUT2D eigenvalue weighted by atomic mass is 10.1. The topological polar surface area (TPSA) is 68.0 Å². The largest absolute Gasteiger partial charge is 0.327 e. The fraction of sp³-hybridized carbons (Fsp3) is 0.400. The molecule has 0 saturated carbocycles. The number of nitrogens with zero attached hydrogens (tertiary/aromatic N) is 1. The maximum absolute atomic E-state index is 11.4. The van der Waals surface area contributed by atoms with Crippen molar-refractivity contribution in [3.8, 4) is 0 Å². The second-order valence-corrected chi connectivity index (χ2v) is 4.20. The molecule has 1 rings (SSSR count). The molecule has 1 unspecified atom stereocenters. The van der Waals surface area contributed by atoms with Gasteiger partial charge in [-0.2, -0.15) is 0 Å². The quantitative estimate of drug-likeness (QED) is 0.879. The Balaban J connectivity index is 2.48. The Morgan fingerprint density at radius 1 is 1.67 bits per heavy atom. The van der Waals surface area contributed by atoms with E-state index in [2.05, 4.69) is 26.2 Å². The van der Waals surface area contributed by atoms with Gasteiger partial charge < -0.3 is 11.1 Å². The minimum Gasteiger partial charge on any atom is -0.327 e. The van der Waals surface area contributed by atoms with Crippen LogP contribution in [0.15, 0.2) is 22.8 Å². The average Bonchev–Trinajstić information content (AvgIpc) is 2.21. The smallest absolute Gasteiger partial charge is 0.227 e. The van der Waals surface area contributed by atoms with E-state index in [1.807, 2.05) is 13.0 Å². The summed E-state index contributed by atoms with van der Waals surface area (Å²) in [6, 6.07) is 3.47. The van der Waals surface area contributed by atoms with Gasteiger partial charge in [-0.05, 0) is 34.5 Å². The highest BCUT2D eigenvalue weighted by molar-refractivity contribution is 9.10. The van der Waals surface area contributed by atoms with Crippen LogP contribution in [0.3, 0.4) is 0 Å². The third-order valence-corrected chi connectivity index (χ3v) is 2.44. The van der Waals surface area contributed by atoms with Crippen LogP contribution in [0.25, 0.3) is 0 Å².